The number of benzene rings is 1. The Morgan fingerprint density at radius 3 is 2.62 bits per heavy atom. The zero-order chi connectivity index (χ0) is 26.7. The average Bonchev–Trinajstić information content (AvgIpc) is 3.44. The topological polar surface area (TPSA) is 78.6 Å². The van der Waals surface area contributed by atoms with Crippen LogP contribution in [0.1, 0.15) is 41.2 Å². The van der Waals surface area contributed by atoms with Gasteiger partial charge in [0.2, 0.25) is 0 Å². The van der Waals surface area contributed by atoms with E-state index in [1.54, 1.807) is 36.7 Å². The molecular formula is C25H24F4N4O4. The lowest BCUT2D eigenvalue weighted by molar-refractivity contribution is -0.273. The number of halogens is 4. The fourth-order valence-electron chi connectivity index (χ4n) is 4.80. The lowest BCUT2D eigenvalue weighted by Crippen LogP contribution is -2.50. The summed E-state index contributed by atoms with van der Waals surface area (Å²) in [5.74, 6) is -1.36. The maximum absolute atomic E-state index is 14.3. The van der Waals surface area contributed by atoms with Crippen molar-refractivity contribution in [2.75, 3.05) is 13.2 Å². The molecule has 2 atom stereocenters. The van der Waals surface area contributed by atoms with Crippen molar-refractivity contribution in [1.82, 2.24) is 19.0 Å². The number of imidazole rings is 1. The molecule has 0 N–H and O–H groups in total. The molecule has 0 radical (unpaired) electrons. The molecule has 1 amide bonds. The Morgan fingerprint density at radius 2 is 1.95 bits per heavy atom. The van der Waals surface area contributed by atoms with Gasteiger partial charge in [-0.15, -0.1) is 0 Å². The Balaban J connectivity index is 1.36. The molecule has 2 aliphatic rings. The van der Waals surface area contributed by atoms with Crippen molar-refractivity contribution in [2.24, 2.45) is 0 Å². The van der Waals surface area contributed by atoms with Gasteiger partial charge in [-0.1, -0.05) is 0 Å². The highest BCUT2D eigenvalue weighted by atomic mass is 19.4. The third kappa shape index (κ3) is 3.99. The Morgan fingerprint density at radius 1 is 1.19 bits per heavy atom. The van der Waals surface area contributed by atoms with Crippen LogP contribution in [-0.4, -0.2) is 50.3 Å². The van der Waals surface area contributed by atoms with Gasteiger partial charge in [0.15, 0.2) is 5.60 Å². The van der Waals surface area contributed by atoms with E-state index < -0.39 is 41.7 Å². The molecule has 2 aromatic heterocycles. The van der Waals surface area contributed by atoms with E-state index in [2.05, 4.69) is 4.98 Å². The van der Waals surface area contributed by atoms with Crippen molar-refractivity contribution in [2.45, 2.75) is 51.7 Å². The van der Waals surface area contributed by atoms with Gasteiger partial charge in [0.05, 0.1) is 24.7 Å². The second-order valence-electron chi connectivity index (χ2n) is 9.36. The zero-order valence-corrected chi connectivity index (χ0v) is 20.3. The molecule has 4 heterocycles. The number of amides is 1. The lowest BCUT2D eigenvalue weighted by Gasteiger charge is -2.34. The van der Waals surface area contributed by atoms with E-state index in [9.17, 15) is 27.2 Å². The summed E-state index contributed by atoms with van der Waals surface area (Å²) in [6, 6.07) is 4.75. The van der Waals surface area contributed by atoms with E-state index in [4.69, 9.17) is 9.47 Å². The summed E-state index contributed by atoms with van der Waals surface area (Å²) in [6.07, 6.45) is -1.55. The molecule has 0 saturated carbocycles. The van der Waals surface area contributed by atoms with Gasteiger partial charge in [-0.3, -0.25) is 9.59 Å². The Bertz CT molecular complexity index is 1450. The molecule has 2 aliphatic heterocycles. The van der Waals surface area contributed by atoms with Crippen molar-refractivity contribution in [3.63, 3.8) is 0 Å². The first-order valence-electron chi connectivity index (χ1n) is 11.6. The normalized spacial score (nSPS) is 20.1. The van der Waals surface area contributed by atoms with E-state index in [0.29, 0.717) is 5.69 Å². The molecular weight excluding hydrogens is 496 g/mol. The van der Waals surface area contributed by atoms with Gasteiger partial charge in [-0.25, -0.2) is 9.37 Å². The number of hydrogen-bond acceptors (Lipinski definition) is 5. The molecule has 0 spiro atoms. The highest BCUT2D eigenvalue weighted by molar-refractivity contribution is 5.93. The Labute approximate surface area is 209 Å². The molecule has 1 unspecified atom stereocenters. The van der Waals surface area contributed by atoms with Gasteiger partial charge in [-0.05, 0) is 45.0 Å². The minimum atomic E-state index is -4.79. The number of aromatic nitrogens is 3. The molecule has 0 fully saturated rings. The summed E-state index contributed by atoms with van der Waals surface area (Å²) in [5.41, 5.74) is -2.33. The first-order valence-corrected chi connectivity index (χ1v) is 11.6. The molecule has 12 heteroatoms. The smallest absolute Gasteiger partial charge is 0.421 e. The molecule has 8 nitrogen and oxygen atoms in total. The number of pyridine rings is 1. The number of aryl methyl sites for hydroxylation is 1. The van der Waals surface area contributed by atoms with Crippen LogP contribution in [0.4, 0.5) is 17.6 Å². The minimum absolute atomic E-state index is 0.144. The largest absolute Gasteiger partial charge is 0.491 e. The van der Waals surface area contributed by atoms with Crippen molar-refractivity contribution in [3.05, 3.63) is 75.5 Å². The SMILES string of the molecule is Cc1cn(-c2ccc3n(c2=O)CCN([C@@H](C)COc2ccc(F)c4c2C(C)(C(F)(F)F)OC4)C3=O)cn1. The van der Waals surface area contributed by atoms with Crippen LogP contribution in [0.2, 0.25) is 0 Å². The molecule has 1 aromatic carbocycles. The second kappa shape index (κ2) is 8.72. The summed E-state index contributed by atoms with van der Waals surface area (Å²) in [6.45, 7) is 4.10. The van der Waals surface area contributed by atoms with E-state index >= 15 is 0 Å². The predicted molar refractivity (Wildman–Crippen MR) is 123 cm³/mol. The number of ether oxygens (including phenoxy) is 2. The predicted octanol–water partition coefficient (Wildman–Crippen LogP) is 3.71. The van der Waals surface area contributed by atoms with E-state index in [1.165, 1.54) is 15.8 Å². The quantitative estimate of drug-likeness (QED) is 0.480. The van der Waals surface area contributed by atoms with Crippen LogP contribution in [0.5, 0.6) is 5.75 Å². The van der Waals surface area contributed by atoms with Crippen LogP contribution in [0.25, 0.3) is 5.69 Å². The molecule has 37 heavy (non-hydrogen) atoms. The summed E-state index contributed by atoms with van der Waals surface area (Å²) >= 11 is 0. The molecule has 196 valence electrons. The first-order chi connectivity index (χ1) is 17.4. The Kier molecular flexibility index (Phi) is 5.89. The van der Waals surface area contributed by atoms with Gasteiger partial charge in [0.25, 0.3) is 11.5 Å². The van der Waals surface area contributed by atoms with Crippen molar-refractivity contribution in [1.29, 1.82) is 0 Å². The minimum Gasteiger partial charge on any atom is -0.491 e. The average molecular weight is 520 g/mol. The maximum atomic E-state index is 14.3. The number of fused-ring (bicyclic) bond motifs is 2. The lowest BCUT2D eigenvalue weighted by atomic mass is 9.92. The summed E-state index contributed by atoms with van der Waals surface area (Å²) in [5, 5.41) is 0. The maximum Gasteiger partial charge on any atom is 0.421 e. The van der Waals surface area contributed by atoms with Crippen LogP contribution in [0, 0.1) is 12.7 Å². The number of carbonyl (C=O) groups excluding carboxylic acids is 1. The van der Waals surface area contributed by atoms with Gasteiger partial charge >= 0.3 is 6.18 Å². The number of hydrogen-bond donors (Lipinski definition) is 0. The van der Waals surface area contributed by atoms with Gasteiger partial charge in [-0.2, -0.15) is 13.2 Å². The number of rotatable bonds is 5. The third-order valence-electron chi connectivity index (χ3n) is 6.94. The molecule has 0 bridgehead atoms. The van der Waals surface area contributed by atoms with Crippen molar-refractivity contribution in [3.8, 4) is 11.4 Å². The van der Waals surface area contributed by atoms with Gasteiger partial charge in [0.1, 0.15) is 29.6 Å². The molecule has 3 aromatic rings. The van der Waals surface area contributed by atoms with E-state index in [1.807, 2.05) is 0 Å². The second-order valence-corrected chi connectivity index (χ2v) is 9.36. The first kappa shape index (κ1) is 25.0. The van der Waals surface area contributed by atoms with Crippen molar-refractivity contribution < 1.29 is 31.8 Å². The number of nitrogens with zero attached hydrogens (tertiary/aromatic N) is 4. The molecule has 0 aliphatic carbocycles. The monoisotopic (exact) mass is 520 g/mol. The summed E-state index contributed by atoms with van der Waals surface area (Å²) < 4.78 is 69.4. The highest BCUT2D eigenvalue weighted by Gasteiger charge is 2.59. The van der Waals surface area contributed by atoms with E-state index in [-0.39, 0.29) is 42.3 Å². The summed E-state index contributed by atoms with van der Waals surface area (Å²) in [7, 11) is 0. The molecule has 0 saturated heterocycles. The van der Waals surface area contributed by atoms with Gasteiger partial charge in [0, 0.05) is 30.4 Å². The molecule has 5 rings (SSSR count). The Hall–Kier alpha value is -3.67. The highest BCUT2D eigenvalue weighted by Crippen LogP contribution is 2.51. The zero-order valence-electron chi connectivity index (χ0n) is 20.3. The van der Waals surface area contributed by atoms with Crippen molar-refractivity contribution >= 4 is 5.91 Å². The van der Waals surface area contributed by atoms with Crippen LogP contribution in [0.3, 0.4) is 0 Å². The van der Waals surface area contributed by atoms with Crippen LogP contribution in [0.15, 0.2) is 41.6 Å². The fourth-order valence-corrected chi connectivity index (χ4v) is 4.80. The standard InChI is InChI=1S/C25H24F4N4O4/c1-14-10-31(13-30-14)18-5-6-19-23(35)32(8-9-33(19)22(18)34)15(2)11-36-20-7-4-17(26)16-12-37-24(3,21(16)20)25(27,28)29/h4-7,10,13,15H,8-9,11-12H2,1-3H3/t15-,24?/m0/s1. The van der Waals surface area contributed by atoms with E-state index in [0.717, 1.165) is 24.8 Å². The van der Waals surface area contributed by atoms with Crippen LogP contribution >= 0.6 is 0 Å². The van der Waals surface area contributed by atoms with Crippen LogP contribution in [-0.2, 0) is 23.5 Å². The van der Waals surface area contributed by atoms with Gasteiger partial charge < -0.3 is 23.5 Å². The third-order valence-corrected chi connectivity index (χ3v) is 6.94. The number of alkyl halides is 3. The number of carbonyl (C=O) groups is 1. The summed E-state index contributed by atoms with van der Waals surface area (Å²) in [4.78, 5) is 31.9. The fraction of sp³-hybridized carbons (Fsp3) is 0.400. The van der Waals surface area contributed by atoms with Crippen LogP contribution < -0.4 is 10.3 Å².